The van der Waals surface area contributed by atoms with Gasteiger partial charge in [-0.15, -0.1) is 53.6 Å². The molecule has 0 atom stereocenters. The number of benzene rings is 8. The molecule has 6 heteroatoms. The Balaban J connectivity index is 0.00000657. The fraction of sp³-hybridized carbons (Fsp3) is 0.229. The Labute approximate surface area is 465 Å². The van der Waals surface area contributed by atoms with E-state index in [0.717, 1.165) is 55.9 Å². The smallest absolute Gasteiger partial charge is 0.135 e. The molecule has 1 aliphatic heterocycles. The van der Waals surface area contributed by atoms with Crippen molar-refractivity contribution in [1.82, 2.24) is 9.55 Å². The van der Waals surface area contributed by atoms with Gasteiger partial charge in [0.15, 0.2) is 0 Å². The maximum Gasteiger partial charge on any atom is 0.135 e. The quantitative estimate of drug-likeness (QED) is 0.114. The molecule has 2 aromatic heterocycles. The van der Waals surface area contributed by atoms with Gasteiger partial charge in [0.2, 0.25) is 0 Å². The molecule has 0 saturated heterocycles. The van der Waals surface area contributed by atoms with E-state index in [-0.39, 0.29) is 37.3 Å². The second-order valence-corrected chi connectivity index (χ2v) is 23.0. The number of ether oxygens (including phenoxy) is 1. The first-order chi connectivity index (χ1) is 36.0. The van der Waals surface area contributed by atoms with Crippen molar-refractivity contribution in [3.05, 3.63) is 246 Å². The summed E-state index contributed by atoms with van der Waals surface area (Å²) >= 11 is 0. The van der Waals surface area contributed by atoms with Gasteiger partial charge in [0, 0.05) is 72.2 Å². The van der Waals surface area contributed by atoms with Crippen LogP contribution in [-0.4, -0.2) is 9.55 Å². The predicted octanol–water partition coefficient (Wildman–Crippen LogP) is 18.8. The summed E-state index contributed by atoms with van der Waals surface area (Å²) in [5.41, 5.74) is 16.7. The molecule has 1 aliphatic rings. The molecule has 0 saturated carbocycles. The molecule has 386 valence electrons. The first-order valence-corrected chi connectivity index (χ1v) is 26.6. The molecule has 0 N–H and O–H groups in total. The Morgan fingerprint density at radius 3 is 1.78 bits per heavy atom. The zero-order chi connectivity index (χ0) is 52.4. The summed E-state index contributed by atoms with van der Waals surface area (Å²) in [4.78, 5) is 9.66. The van der Waals surface area contributed by atoms with E-state index in [0.29, 0.717) is 23.3 Å². The van der Waals surface area contributed by atoms with Crippen LogP contribution in [0.1, 0.15) is 127 Å². The fourth-order valence-electron chi connectivity index (χ4n) is 11.1. The van der Waals surface area contributed by atoms with Crippen LogP contribution < -0.4 is 14.5 Å². The molecule has 11 rings (SSSR count). The molecule has 0 spiro atoms. The van der Waals surface area contributed by atoms with Crippen LogP contribution in [-0.2, 0) is 37.3 Å². The standard InChI is InChI=1S/C70H67N4O.Pt/c1-46(2)58-29-21-30-59(47(3)4)67(58)48-32-35-63-65(38-48)73(45-72(63)54-27-20-26-51(39-54)69(8,9)49-22-14-12-15-23-49)55-40-53(68(5,6)7)41-57(43-55)75-56-33-34-61-60-28-18-19-31-62(60)74(64(61)44-56)66-42-52(36-37-71-66)70(10,11)50-24-16-13-17-25-50;/h12-42,45-47H,1-11H3;/q-3;. The van der Waals surface area contributed by atoms with E-state index in [9.17, 15) is 0 Å². The largest absolute Gasteiger partial charge is 0.509 e. The number of hydrogen-bond acceptors (Lipinski definition) is 4. The van der Waals surface area contributed by atoms with Crippen molar-refractivity contribution < 1.29 is 25.8 Å². The van der Waals surface area contributed by atoms with E-state index >= 15 is 0 Å². The number of fused-ring (bicyclic) bond motifs is 4. The number of rotatable bonds is 12. The van der Waals surface area contributed by atoms with Gasteiger partial charge in [-0.2, -0.15) is 6.07 Å². The second-order valence-electron chi connectivity index (χ2n) is 23.0. The van der Waals surface area contributed by atoms with Gasteiger partial charge in [0.05, 0.1) is 0 Å². The molecular weight excluding hydrogens is 1110 g/mol. The maximum absolute atomic E-state index is 7.02. The third kappa shape index (κ3) is 9.57. The Morgan fingerprint density at radius 2 is 1.12 bits per heavy atom. The van der Waals surface area contributed by atoms with E-state index < -0.39 is 0 Å². The van der Waals surface area contributed by atoms with Crippen LogP contribution in [0.25, 0.3) is 38.8 Å². The van der Waals surface area contributed by atoms with Gasteiger partial charge >= 0.3 is 0 Å². The van der Waals surface area contributed by atoms with E-state index in [2.05, 4.69) is 285 Å². The van der Waals surface area contributed by atoms with E-state index in [1.165, 1.54) is 44.5 Å². The summed E-state index contributed by atoms with van der Waals surface area (Å²) in [6.07, 6.45) is 1.93. The normalized spacial score (nSPS) is 13.0. The maximum atomic E-state index is 7.02. The molecule has 76 heavy (non-hydrogen) atoms. The van der Waals surface area contributed by atoms with Gasteiger partial charge < -0.3 is 19.1 Å². The van der Waals surface area contributed by atoms with Crippen LogP contribution in [0.3, 0.4) is 0 Å². The molecule has 0 fully saturated rings. The molecule has 5 nitrogen and oxygen atoms in total. The van der Waals surface area contributed by atoms with Gasteiger partial charge in [-0.1, -0.05) is 197 Å². The molecule has 0 radical (unpaired) electrons. The number of para-hydroxylation sites is 1. The van der Waals surface area contributed by atoms with E-state index in [1.54, 1.807) is 0 Å². The first kappa shape index (κ1) is 52.2. The van der Waals surface area contributed by atoms with Gasteiger partial charge in [-0.25, -0.2) is 4.98 Å². The Bertz CT molecular complexity index is 3710. The second kappa shape index (κ2) is 20.4. The van der Waals surface area contributed by atoms with E-state index in [4.69, 9.17) is 9.72 Å². The van der Waals surface area contributed by atoms with Crippen molar-refractivity contribution in [1.29, 1.82) is 0 Å². The molecular formula is C70H67N4OPt-3. The summed E-state index contributed by atoms with van der Waals surface area (Å²) in [6.45, 7) is 27.4. The van der Waals surface area contributed by atoms with Crippen LogP contribution in [0.5, 0.6) is 11.5 Å². The van der Waals surface area contributed by atoms with Gasteiger partial charge in [-0.05, 0) is 110 Å². The minimum Gasteiger partial charge on any atom is -0.509 e. The first-order valence-electron chi connectivity index (χ1n) is 26.6. The van der Waals surface area contributed by atoms with Crippen LogP contribution in [0.15, 0.2) is 188 Å². The van der Waals surface area contributed by atoms with Crippen LogP contribution in [0.2, 0.25) is 0 Å². The average Bonchev–Trinajstić information content (AvgIpc) is 3.99. The van der Waals surface area contributed by atoms with Crippen LogP contribution in [0, 0.1) is 18.8 Å². The molecule has 0 aliphatic carbocycles. The topological polar surface area (TPSA) is 33.5 Å². The average molecular weight is 1180 g/mol. The predicted molar refractivity (Wildman–Crippen MR) is 314 cm³/mol. The van der Waals surface area contributed by atoms with Crippen molar-refractivity contribution in [2.24, 2.45) is 0 Å². The minimum atomic E-state index is -0.244. The Hall–Kier alpha value is -7.20. The van der Waals surface area contributed by atoms with Crippen LogP contribution >= 0.6 is 0 Å². The number of aromatic nitrogens is 2. The number of hydrogen-bond donors (Lipinski definition) is 0. The SMILES string of the molecule is CC(C)c1cccc(C(C)C)c1-c1ccc2c(c1)N(c1[c-]c(Oc3[c-]c4c(cc3)c3ccccc3n4-c3cc(C(C)(C)c4ccccc4)ccn3)cc(C(C)(C)C)c1)[CH-]N2c1cccc(C(C)(C)c2ccccc2)c1.[Pt]. The van der Waals surface area contributed by atoms with Crippen molar-refractivity contribution in [3.8, 4) is 28.4 Å². The fourth-order valence-corrected chi connectivity index (χ4v) is 11.1. The molecule has 3 heterocycles. The molecule has 0 unspecified atom stereocenters. The van der Waals surface area contributed by atoms with Crippen molar-refractivity contribution >= 4 is 44.6 Å². The molecule has 8 aromatic carbocycles. The van der Waals surface area contributed by atoms with Crippen molar-refractivity contribution in [2.45, 2.75) is 104 Å². The summed E-state index contributed by atoms with van der Waals surface area (Å²) in [5.74, 6) is 2.74. The number of nitrogens with zero attached hydrogens (tertiary/aromatic N) is 4. The molecule has 0 bridgehead atoms. The molecule has 0 amide bonds. The number of anilines is 4. The summed E-state index contributed by atoms with van der Waals surface area (Å²) in [7, 11) is 0. The molecule has 10 aromatic rings. The summed E-state index contributed by atoms with van der Waals surface area (Å²) < 4.78 is 9.24. The monoisotopic (exact) mass is 1170 g/mol. The number of pyridine rings is 1. The van der Waals surface area contributed by atoms with Gasteiger partial charge in [0.1, 0.15) is 5.82 Å². The van der Waals surface area contributed by atoms with Gasteiger partial charge in [0.25, 0.3) is 0 Å². The summed E-state index contributed by atoms with van der Waals surface area (Å²) in [5, 5.41) is 2.21. The van der Waals surface area contributed by atoms with Crippen LogP contribution in [0.4, 0.5) is 22.7 Å². The Morgan fingerprint density at radius 1 is 0.500 bits per heavy atom. The Kier molecular flexibility index (Phi) is 14.0. The zero-order valence-corrected chi connectivity index (χ0v) is 47.9. The summed E-state index contributed by atoms with van der Waals surface area (Å²) in [6, 6.07) is 73.4. The van der Waals surface area contributed by atoms with E-state index in [1.807, 2.05) is 12.3 Å². The minimum absolute atomic E-state index is 0. The van der Waals surface area contributed by atoms with Crippen molar-refractivity contribution in [3.63, 3.8) is 0 Å². The zero-order valence-electron chi connectivity index (χ0n) is 45.6. The van der Waals surface area contributed by atoms with Crippen molar-refractivity contribution in [2.75, 3.05) is 9.80 Å². The van der Waals surface area contributed by atoms with Gasteiger partial charge in [-0.3, -0.25) is 0 Å². The third-order valence-electron chi connectivity index (χ3n) is 15.7. The third-order valence-corrected chi connectivity index (χ3v) is 15.7.